The summed E-state index contributed by atoms with van der Waals surface area (Å²) in [5.41, 5.74) is 0.201. The minimum Gasteiger partial charge on any atom is -0.486 e. The SMILES string of the molecule is CN1c2[nH]ccc(=S)c2OCC12CCCC2. The van der Waals surface area contributed by atoms with Gasteiger partial charge in [0.2, 0.25) is 0 Å². The van der Waals surface area contributed by atoms with Crippen LogP contribution in [0.25, 0.3) is 0 Å². The maximum absolute atomic E-state index is 5.89. The number of H-pyrrole nitrogens is 1. The molecule has 2 heterocycles. The van der Waals surface area contributed by atoms with Crippen molar-refractivity contribution in [3.8, 4) is 5.75 Å². The first-order valence-electron chi connectivity index (χ1n) is 5.81. The third-order valence-corrected chi connectivity index (χ3v) is 4.28. The van der Waals surface area contributed by atoms with Gasteiger partial charge in [0, 0.05) is 13.2 Å². The molecular formula is C12H16N2OS. The van der Waals surface area contributed by atoms with E-state index in [0.717, 1.165) is 22.7 Å². The molecule has 1 aromatic heterocycles. The average Bonchev–Trinajstić information content (AvgIpc) is 2.75. The second-order valence-electron chi connectivity index (χ2n) is 4.80. The molecule has 2 aliphatic rings. The minimum absolute atomic E-state index is 0.201. The summed E-state index contributed by atoms with van der Waals surface area (Å²) in [5, 5.41) is 0. The van der Waals surface area contributed by atoms with Crippen LogP contribution in [0.5, 0.6) is 5.75 Å². The zero-order chi connectivity index (χ0) is 11.2. The minimum atomic E-state index is 0.201. The zero-order valence-electron chi connectivity index (χ0n) is 9.45. The van der Waals surface area contributed by atoms with Crippen LogP contribution in [0.4, 0.5) is 5.82 Å². The molecule has 1 aromatic rings. The number of aromatic amines is 1. The highest BCUT2D eigenvalue weighted by molar-refractivity contribution is 7.71. The summed E-state index contributed by atoms with van der Waals surface area (Å²) in [5.74, 6) is 1.89. The van der Waals surface area contributed by atoms with Crippen LogP contribution in [0.15, 0.2) is 12.3 Å². The van der Waals surface area contributed by atoms with Crippen LogP contribution in [0, 0.1) is 4.51 Å². The van der Waals surface area contributed by atoms with Crippen LogP contribution in [0.3, 0.4) is 0 Å². The number of anilines is 1. The van der Waals surface area contributed by atoms with Gasteiger partial charge >= 0.3 is 0 Å². The van der Waals surface area contributed by atoms with Crippen molar-refractivity contribution < 1.29 is 4.74 Å². The number of ether oxygens (including phenoxy) is 1. The van der Waals surface area contributed by atoms with Crippen LogP contribution in [0.2, 0.25) is 0 Å². The second-order valence-corrected chi connectivity index (χ2v) is 5.24. The topological polar surface area (TPSA) is 28.3 Å². The van der Waals surface area contributed by atoms with Crippen molar-refractivity contribution in [2.75, 3.05) is 18.6 Å². The molecule has 0 saturated heterocycles. The number of nitrogens with zero attached hydrogens (tertiary/aromatic N) is 1. The first-order valence-corrected chi connectivity index (χ1v) is 6.22. The summed E-state index contributed by atoms with van der Waals surface area (Å²) in [6, 6.07) is 1.88. The molecular weight excluding hydrogens is 220 g/mol. The van der Waals surface area contributed by atoms with Crippen LogP contribution in [-0.4, -0.2) is 24.2 Å². The van der Waals surface area contributed by atoms with E-state index in [1.807, 2.05) is 12.3 Å². The Kier molecular flexibility index (Phi) is 2.21. The molecule has 1 fully saturated rings. The Morgan fingerprint density at radius 1 is 1.44 bits per heavy atom. The number of nitrogens with one attached hydrogen (secondary N) is 1. The number of aromatic nitrogens is 1. The monoisotopic (exact) mass is 236 g/mol. The van der Waals surface area contributed by atoms with Gasteiger partial charge in [0.25, 0.3) is 0 Å². The Hall–Kier alpha value is -1.03. The van der Waals surface area contributed by atoms with Gasteiger partial charge in [-0.25, -0.2) is 0 Å². The van der Waals surface area contributed by atoms with Gasteiger partial charge in [-0.15, -0.1) is 0 Å². The van der Waals surface area contributed by atoms with E-state index in [1.54, 1.807) is 0 Å². The summed E-state index contributed by atoms with van der Waals surface area (Å²) in [7, 11) is 2.15. The molecule has 1 aliphatic carbocycles. The standard InChI is InChI=1S/C12H16N2OS/c1-14-11-10(9(16)4-7-13-11)15-8-12(14)5-2-3-6-12/h4,7H,2-3,5-6,8H2,1H3,(H,13,16). The molecule has 3 rings (SSSR count). The van der Waals surface area contributed by atoms with Crippen LogP contribution in [0.1, 0.15) is 25.7 Å². The number of rotatable bonds is 0. The van der Waals surface area contributed by atoms with Crippen molar-refractivity contribution in [2.24, 2.45) is 0 Å². The predicted octanol–water partition coefficient (Wildman–Crippen LogP) is 2.89. The first kappa shape index (κ1) is 10.1. The third-order valence-electron chi connectivity index (χ3n) is 3.96. The van der Waals surface area contributed by atoms with Crippen molar-refractivity contribution in [1.29, 1.82) is 0 Å². The van der Waals surface area contributed by atoms with Crippen LogP contribution >= 0.6 is 12.2 Å². The zero-order valence-corrected chi connectivity index (χ0v) is 10.3. The Morgan fingerprint density at radius 2 is 2.19 bits per heavy atom. The lowest BCUT2D eigenvalue weighted by Crippen LogP contribution is -2.52. The number of likely N-dealkylation sites (N-methyl/N-ethyl adjacent to an activating group) is 1. The molecule has 3 nitrogen and oxygen atoms in total. The van der Waals surface area contributed by atoms with Gasteiger partial charge in [-0.1, -0.05) is 25.1 Å². The molecule has 1 spiro atoms. The molecule has 1 N–H and O–H groups in total. The molecule has 0 bridgehead atoms. The molecule has 16 heavy (non-hydrogen) atoms. The Morgan fingerprint density at radius 3 is 2.94 bits per heavy atom. The number of pyridine rings is 1. The van der Waals surface area contributed by atoms with E-state index in [4.69, 9.17) is 17.0 Å². The van der Waals surface area contributed by atoms with Crippen molar-refractivity contribution in [2.45, 2.75) is 31.2 Å². The van der Waals surface area contributed by atoms with Crippen LogP contribution in [-0.2, 0) is 0 Å². The number of fused-ring (bicyclic) bond motifs is 1. The van der Waals surface area contributed by atoms with E-state index in [1.165, 1.54) is 25.7 Å². The summed E-state index contributed by atoms with van der Waals surface area (Å²) < 4.78 is 6.68. The van der Waals surface area contributed by atoms with Gasteiger partial charge < -0.3 is 14.6 Å². The molecule has 4 heteroatoms. The molecule has 0 aromatic carbocycles. The van der Waals surface area contributed by atoms with E-state index in [9.17, 15) is 0 Å². The van der Waals surface area contributed by atoms with Gasteiger partial charge in [-0.05, 0) is 18.9 Å². The summed E-state index contributed by atoms with van der Waals surface area (Å²) in [6.07, 6.45) is 6.94. The lowest BCUT2D eigenvalue weighted by atomic mass is 9.95. The molecule has 0 amide bonds. The Labute approximate surface area is 100 Å². The van der Waals surface area contributed by atoms with Gasteiger partial charge in [0.1, 0.15) is 6.61 Å². The molecule has 1 aliphatic heterocycles. The maximum atomic E-state index is 5.89. The first-order chi connectivity index (χ1) is 7.73. The van der Waals surface area contributed by atoms with Gasteiger partial charge in [0.05, 0.1) is 10.0 Å². The average molecular weight is 236 g/mol. The van der Waals surface area contributed by atoms with E-state index in [2.05, 4.69) is 16.9 Å². The highest BCUT2D eigenvalue weighted by Crippen LogP contribution is 2.43. The van der Waals surface area contributed by atoms with E-state index >= 15 is 0 Å². The van der Waals surface area contributed by atoms with Gasteiger partial charge in [-0.2, -0.15) is 0 Å². The smallest absolute Gasteiger partial charge is 0.177 e. The molecule has 0 radical (unpaired) electrons. The van der Waals surface area contributed by atoms with Crippen molar-refractivity contribution >= 4 is 18.0 Å². The van der Waals surface area contributed by atoms with Gasteiger partial charge in [0.15, 0.2) is 11.6 Å². The number of hydrogen-bond donors (Lipinski definition) is 1. The molecule has 0 unspecified atom stereocenters. The quantitative estimate of drug-likeness (QED) is 0.702. The van der Waals surface area contributed by atoms with E-state index in [-0.39, 0.29) is 5.54 Å². The predicted molar refractivity (Wildman–Crippen MR) is 66.7 cm³/mol. The third kappa shape index (κ3) is 1.29. The molecule has 0 atom stereocenters. The largest absolute Gasteiger partial charge is 0.486 e. The lowest BCUT2D eigenvalue weighted by molar-refractivity contribution is 0.192. The summed E-state index contributed by atoms with van der Waals surface area (Å²) >= 11 is 5.28. The van der Waals surface area contributed by atoms with Crippen molar-refractivity contribution in [1.82, 2.24) is 4.98 Å². The lowest BCUT2D eigenvalue weighted by Gasteiger charge is -2.44. The molecule has 86 valence electrons. The van der Waals surface area contributed by atoms with E-state index < -0.39 is 0 Å². The second kappa shape index (κ2) is 3.48. The maximum Gasteiger partial charge on any atom is 0.177 e. The Bertz CT molecular complexity index is 462. The van der Waals surface area contributed by atoms with Crippen LogP contribution < -0.4 is 9.64 Å². The fourth-order valence-electron chi connectivity index (χ4n) is 2.90. The van der Waals surface area contributed by atoms with Gasteiger partial charge in [-0.3, -0.25) is 0 Å². The fourth-order valence-corrected chi connectivity index (χ4v) is 3.12. The normalized spacial score (nSPS) is 21.9. The highest BCUT2D eigenvalue weighted by Gasteiger charge is 2.43. The highest BCUT2D eigenvalue weighted by atomic mass is 32.1. The fraction of sp³-hybridized carbons (Fsp3) is 0.583. The Balaban J connectivity index is 2.08. The van der Waals surface area contributed by atoms with E-state index in [0.29, 0.717) is 0 Å². The summed E-state index contributed by atoms with van der Waals surface area (Å²) in [4.78, 5) is 5.61. The molecule has 1 saturated carbocycles. The van der Waals surface area contributed by atoms with Crippen molar-refractivity contribution in [3.05, 3.63) is 16.8 Å². The van der Waals surface area contributed by atoms with Crippen molar-refractivity contribution in [3.63, 3.8) is 0 Å². The summed E-state index contributed by atoms with van der Waals surface area (Å²) in [6.45, 7) is 0.776. The number of hydrogen-bond acceptors (Lipinski definition) is 3.